The summed E-state index contributed by atoms with van der Waals surface area (Å²) in [5.74, 6) is 0.481. The molecule has 0 atom stereocenters. The van der Waals surface area contributed by atoms with Gasteiger partial charge in [-0.2, -0.15) is 5.16 Å². The zero-order valence-electron chi connectivity index (χ0n) is 4.59. The summed E-state index contributed by atoms with van der Waals surface area (Å²) in [6, 6.07) is 1.32. The summed E-state index contributed by atoms with van der Waals surface area (Å²) in [5, 5.41) is 2.11. The van der Waals surface area contributed by atoms with Crippen LogP contribution in [0.15, 0.2) is 15.4 Å². The summed E-state index contributed by atoms with van der Waals surface area (Å²) in [7, 11) is 0. The summed E-state index contributed by atoms with van der Waals surface area (Å²) >= 11 is 0. The SMILES string of the molecule is Br.NCc1cc(=O)[nH]o1. The number of hydrogen-bond donors (Lipinski definition) is 2. The summed E-state index contributed by atoms with van der Waals surface area (Å²) in [4.78, 5) is 10.2. The van der Waals surface area contributed by atoms with Crippen LogP contribution in [0, 0.1) is 0 Å². The van der Waals surface area contributed by atoms with Crippen molar-refractivity contribution < 1.29 is 4.52 Å². The molecule has 0 aliphatic carbocycles. The molecule has 0 unspecified atom stereocenters. The van der Waals surface area contributed by atoms with Gasteiger partial charge >= 0.3 is 0 Å². The highest BCUT2D eigenvalue weighted by atomic mass is 79.9. The highest BCUT2D eigenvalue weighted by Crippen LogP contribution is 1.86. The molecule has 0 amide bonds. The Bertz CT molecular complexity index is 216. The Morgan fingerprint density at radius 1 is 1.78 bits per heavy atom. The monoisotopic (exact) mass is 194 g/mol. The molecule has 0 bridgehead atoms. The fraction of sp³-hybridized carbons (Fsp3) is 0.250. The zero-order chi connectivity index (χ0) is 5.98. The molecule has 1 rings (SSSR count). The predicted molar refractivity (Wildman–Crippen MR) is 37.5 cm³/mol. The second-order valence-corrected chi connectivity index (χ2v) is 1.38. The number of H-pyrrole nitrogens is 1. The molecule has 0 aliphatic heterocycles. The van der Waals surface area contributed by atoms with Crippen LogP contribution in [0.2, 0.25) is 0 Å². The lowest BCUT2D eigenvalue weighted by Crippen LogP contribution is -1.95. The Morgan fingerprint density at radius 3 is 2.67 bits per heavy atom. The minimum absolute atomic E-state index is 0. The number of nitrogens with two attached hydrogens (primary N) is 1. The van der Waals surface area contributed by atoms with Gasteiger partial charge in [0.2, 0.25) is 0 Å². The smallest absolute Gasteiger partial charge is 0.280 e. The molecule has 0 saturated heterocycles. The Balaban J connectivity index is 0.000000640. The first-order valence-corrected chi connectivity index (χ1v) is 2.20. The molecule has 0 radical (unpaired) electrons. The van der Waals surface area contributed by atoms with Crippen molar-refractivity contribution in [2.45, 2.75) is 6.54 Å². The van der Waals surface area contributed by atoms with E-state index in [2.05, 4.69) is 9.68 Å². The Labute approximate surface area is 61.8 Å². The van der Waals surface area contributed by atoms with E-state index < -0.39 is 0 Å². The molecule has 0 spiro atoms. The lowest BCUT2D eigenvalue weighted by atomic mass is 10.5. The van der Waals surface area contributed by atoms with E-state index in [1.54, 1.807) is 0 Å². The van der Waals surface area contributed by atoms with Crippen LogP contribution in [0.5, 0.6) is 0 Å². The van der Waals surface area contributed by atoms with Gasteiger partial charge in [-0.3, -0.25) is 4.79 Å². The lowest BCUT2D eigenvalue weighted by Gasteiger charge is -1.77. The molecule has 52 valence electrons. The minimum atomic E-state index is -0.245. The lowest BCUT2D eigenvalue weighted by molar-refractivity contribution is 0.380. The van der Waals surface area contributed by atoms with Crippen LogP contribution in [-0.2, 0) is 6.54 Å². The zero-order valence-corrected chi connectivity index (χ0v) is 6.30. The highest BCUT2D eigenvalue weighted by molar-refractivity contribution is 8.93. The number of nitrogens with one attached hydrogen (secondary N) is 1. The number of rotatable bonds is 1. The average molecular weight is 195 g/mol. The van der Waals surface area contributed by atoms with Gasteiger partial charge in [-0.25, -0.2) is 0 Å². The van der Waals surface area contributed by atoms with Crippen molar-refractivity contribution in [1.29, 1.82) is 0 Å². The maximum absolute atomic E-state index is 10.2. The van der Waals surface area contributed by atoms with Crippen LogP contribution >= 0.6 is 17.0 Å². The van der Waals surface area contributed by atoms with Gasteiger partial charge in [0.15, 0.2) is 5.76 Å². The normalized spacial score (nSPS) is 8.56. The highest BCUT2D eigenvalue weighted by Gasteiger charge is 1.91. The Morgan fingerprint density at radius 2 is 2.44 bits per heavy atom. The van der Waals surface area contributed by atoms with Gasteiger partial charge in [0.05, 0.1) is 6.54 Å². The largest absolute Gasteiger partial charge is 0.382 e. The van der Waals surface area contributed by atoms with E-state index in [-0.39, 0.29) is 29.1 Å². The number of aromatic nitrogens is 1. The molecule has 4 nitrogen and oxygen atoms in total. The van der Waals surface area contributed by atoms with E-state index in [4.69, 9.17) is 5.73 Å². The summed E-state index contributed by atoms with van der Waals surface area (Å²) < 4.78 is 4.55. The van der Waals surface area contributed by atoms with E-state index >= 15 is 0 Å². The third-order valence-corrected chi connectivity index (χ3v) is 0.776. The summed E-state index contributed by atoms with van der Waals surface area (Å²) in [6.45, 7) is 0.263. The third kappa shape index (κ3) is 2.03. The van der Waals surface area contributed by atoms with Gasteiger partial charge in [0, 0.05) is 6.07 Å². The van der Waals surface area contributed by atoms with Crippen LogP contribution in [0.3, 0.4) is 0 Å². The van der Waals surface area contributed by atoms with Gasteiger partial charge < -0.3 is 10.3 Å². The van der Waals surface area contributed by atoms with Crippen molar-refractivity contribution in [1.82, 2.24) is 5.16 Å². The van der Waals surface area contributed by atoms with Crippen LogP contribution in [0.4, 0.5) is 0 Å². The van der Waals surface area contributed by atoms with Gasteiger partial charge in [0.1, 0.15) is 0 Å². The third-order valence-electron chi connectivity index (χ3n) is 0.776. The molecule has 1 aromatic heterocycles. The first-order chi connectivity index (χ1) is 3.83. The quantitative estimate of drug-likeness (QED) is 0.662. The van der Waals surface area contributed by atoms with Gasteiger partial charge in [-0.15, -0.1) is 17.0 Å². The topological polar surface area (TPSA) is 72.0 Å². The van der Waals surface area contributed by atoms with E-state index in [1.165, 1.54) is 6.07 Å². The van der Waals surface area contributed by atoms with Gasteiger partial charge in [-0.05, 0) is 0 Å². The average Bonchev–Trinajstić information content (AvgIpc) is 2.14. The maximum Gasteiger partial charge on any atom is 0.280 e. The maximum atomic E-state index is 10.2. The van der Waals surface area contributed by atoms with Crippen molar-refractivity contribution in [3.63, 3.8) is 0 Å². The molecule has 0 aliphatic rings. The van der Waals surface area contributed by atoms with Crippen LogP contribution in [0.1, 0.15) is 5.76 Å². The van der Waals surface area contributed by atoms with Crippen molar-refractivity contribution in [2.75, 3.05) is 0 Å². The van der Waals surface area contributed by atoms with E-state index in [9.17, 15) is 4.79 Å². The first-order valence-electron chi connectivity index (χ1n) is 2.20. The minimum Gasteiger partial charge on any atom is -0.382 e. The Hall–Kier alpha value is -0.550. The predicted octanol–water partition coefficient (Wildman–Crippen LogP) is 0.00450. The number of aromatic amines is 1. The van der Waals surface area contributed by atoms with Crippen molar-refractivity contribution >= 4 is 17.0 Å². The molecule has 0 aromatic carbocycles. The molecular formula is C4H7BrN2O2. The Kier molecular flexibility index (Phi) is 3.26. The van der Waals surface area contributed by atoms with Gasteiger partial charge in [-0.1, -0.05) is 0 Å². The second kappa shape index (κ2) is 3.47. The molecule has 0 saturated carbocycles. The second-order valence-electron chi connectivity index (χ2n) is 1.38. The standard InChI is InChI=1S/C4H6N2O2.BrH/c5-2-3-1-4(7)6-8-3;/h1H,2,5H2,(H,6,7);1H. The fourth-order valence-electron chi connectivity index (χ4n) is 0.422. The van der Waals surface area contributed by atoms with Crippen LogP contribution in [-0.4, -0.2) is 5.16 Å². The summed E-state index contributed by atoms with van der Waals surface area (Å²) in [6.07, 6.45) is 0. The first kappa shape index (κ1) is 8.45. The van der Waals surface area contributed by atoms with Crippen LogP contribution in [0.25, 0.3) is 0 Å². The molecule has 3 N–H and O–H groups in total. The molecule has 5 heteroatoms. The molecule has 9 heavy (non-hydrogen) atoms. The van der Waals surface area contributed by atoms with E-state index in [0.29, 0.717) is 5.76 Å². The van der Waals surface area contributed by atoms with E-state index in [1.807, 2.05) is 0 Å². The number of hydrogen-bond acceptors (Lipinski definition) is 3. The van der Waals surface area contributed by atoms with E-state index in [0.717, 1.165) is 0 Å². The van der Waals surface area contributed by atoms with Gasteiger partial charge in [0.25, 0.3) is 5.56 Å². The van der Waals surface area contributed by atoms with Crippen molar-refractivity contribution in [3.05, 3.63) is 22.2 Å². The van der Waals surface area contributed by atoms with Crippen LogP contribution < -0.4 is 11.3 Å². The number of halogens is 1. The fourth-order valence-corrected chi connectivity index (χ4v) is 0.422. The molecular weight excluding hydrogens is 188 g/mol. The molecule has 1 aromatic rings. The summed E-state index contributed by atoms with van der Waals surface area (Å²) in [5.41, 5.74) is 4.87. The molecule has 0 fully saturated rings. The molecule has 1 heterocycles. The van der Waals surface area contributed by atoms with Crippen molar-refractivity contribution in [3.8, 4) is 0 Å². The van der Waals surface area contributed by atoms with Crippen molar-refractivity contribution in [2.24, 2.45) is 5.73 Å².